The molecule has 2 heteroatoms. The van der Waals surface area contributed by atoms with Crippen molar-refractivity contribution in [1.82, 2.24) is 0 Å². The average molecular weight is 494 g/mol. The highest BCUT2D eigenvalue weighted by atomic mass is 79.9. The summed E-state index contributed by atoms with van der Waals surface area (Å²) in [5.41, 5.74) is 0.761. The molecular formula is C29H49BrO. The van der Waals surface area contributed by atoms with Gasteiger partial charge in [0.15, 0.2) is 0 Å². The molecule has 0 amide bonds. The summed E-state index contributed by atoms with van der Waals surface area (Å²) in [6.07, 6.45) is 14.3. The summed E-state index contributed by atoms with van der Waals surface area (Å²) < 4.78 is 0. The van der Waals surface area contributed by atoms with Crippen molar-refractivity contribution in [3.05, 3.63) is 0 Å². The van der Waals surface area contributed by atoms with Crippen LogP contribution in [0.15, 0.2) is 0 Å². The SMILES string of the molecule is CC[C@H](CC[C@@H](C)[C@@H]1CC[C@@H]2[C@@H]3CC(=O)[C@H]4C[C@@H](Br)CC[C@]4(C)[C@H]3CC[C@@]21C)C(C)C. The van der Waals surface area contributed by atoms with Gasteiger partial charge < -0.3 is 0 Å². The molecule has 0 unspecified atom stereocenters. The predicted octanol–water partition coefficient (Wildman–Crippen LogP) is 8.69. The van der Waals surface area contributed by atoms with Crippen LogP contribution in [0.4, 0.5) is 0 Å². The van der Waals surface area contributed by atoms with Crippen molar-refractivity contribution in [2.75, 3.05) is 0 Å². The number of ketones is 1. The molecule has 0 aromatic rings. The van der Waals surface area contributed by atoms with Crippen LogP contribution >= 0.6 is 15.9 Å². The molecule has 0 aromatic heterocycles. The molecule has 4 aliphatic rings. The fourth-order valence-electron chi connectivity index (χ4n) is 9.66. The molecule has 178 valence electrons. The summed E-state index contributed by atoms with van der Waals surface area (Å²) in [7, 11) is 0. The van der Waals surface area contributed by atoms with E-state index in [1.54, 1.807) is 0 Å². The monoisotopic (exact) mass is 492 g/mol. The van der Waals surface area contributed by atoms with Crippen LogP contribution in [0, 0.1) is 58.2 Å². The van der Waals surface area contributed by atoms with Crippen molar-refractivity contribution in [3.8, 4) is 0 Å². The molecule has 0 N–H and O–H groups in total. The second-order valence-corrected chi connectivity index (χ2v) is 14.5. The first-order valence-corrected chi connectivity index (χ1v) is 14.7. The molecule has 4 saturated carbocycles. The molecule has 0 aromatic carbocycles. The van der Waals surface area contributed by atoms with Gasteiger partial charge in [0.2, 0.25) is 0 Å². The van der Waals surface area contributed by atoms with Crippen LogP contribution in [0.2, 0.25) is 0 Å². The van der Waals surface area contributed by atoms with E-state index in [4.69, 9.17) is 0 Å². The van der Waals surface area contributed by atoms with Crippen LogP contribution in [0.25, 0.3) is 0 Å². The van der Waals surface area contributed by atoms with Crippen LogP contribution < -0.4 is 0 Å². The fraction of sp³-hybridized carbons (Fsp3) is 0.966. The lowest BCUT2D eigenvalue weighted by molar-refractivity contribution is -0.154. The lowest BCUT2D eigenvalue weighted by Crippen LogP contribution is -2.56. The first-order valence-electron chi connectivity index (χ1n) is 13.8. The summed E-state index contributed by atoms with van der Waals surface area (Å²) in [5, 5.41) is 0. The van der Waals surface area contributed by atoms with Gasteiger partial charge in [-0.05, 0) is 104 Å². The summed E-state index contributed by atoms with van der Waals surface area (Å²) in [6, 6.07) is 0. The van der Waals surface area contributed by atoms with Crippen molar-refractivity contribution in [2.45, 2.75) is 117 Å². The van der Waals surface area contributed by atoms with Gasteiger partial charge in [0.25, 0.3) is 0 Å². The molecule has 0 spiro atoms. The molecule has 4 rings (SSSR count). The Bertz CT molecular complexity index is 657. The molecule has 0 radical (unpaired) electrons. The number of Topliss-reactive ketones (excluding diaryl/α,β-unsaturated/α-hetero) is 1. The van der Waals surface area contributed by atoms with E-state index in [1.807, 2.05) is 0 Å². The van der Waals surface area contributed by atoms with Gasteiger partial charge in [0, 0.05) is 17.2 Å². The van der Waals surface area contributed by atoms with Crippen molar-refractivity contribution < 1.29 is 4.79 Å². The van der Waals surface area contributed by atoms with Gasteiger partial charge in [-0.3, -0.25) is 4.79 Å². The van der Waals surface area contributed by atoms with E-state index in [0.717, 1.165) is 48.3 Å². The average Bonchev–Trinajstić information content (AvgIpc) is 3.07. The van der Waals surface area contributed by atoms with E-state index < -0.39 is 0 Å². The van der Waals surface area contributed by atoms with E-state index in [2.05, 4.69) is 57.5 Å². The number of carbonyl (C=O) groups is 1. The zero-order valence-electron chi connectivity index (χ0n) is 21.3. The molecule has 4 fully saturated rings. The minimum atomic E-state index is 0.279. The molecule has 10 atom stereocenters. The Morgan fingerprint density at radius 2 is 1.65 bits per heavy atom. The summed E-state index contributed by atoms with van der Waals surface area (Å²) in [4.78, 5) is 14.0. The third-order valence-electron chi connectivity index (χ3n) is 11.6. The Hall–Kier alpha value is 0.150. The first-order chi connectivity index (χ1) is 14.6. The Morgan fingerprint density at radius 3 is 2.32 bits per heavy atom. The van der Waals surface area contributed by atoms with Gasteiger partial charge >= 0.3 is 0 Å². The second kappa shape index (κ2) is 9.07. The highest BCUT2D eigenvalue weighted by Gasteiger charge is 2.62. The zero-order chi connectivity index (χ0) is 22.6. The van der Waals surface area contributed by atoms with Crippen molar-refractivity contribution in [3.63, 3.8) is 0 Å². The van der Waals surface area contributed by atoms with Crippen LogP contribution in [0.5, 0.6) is 0 Å². The smallest absolute Gasteiger partial charge is 0.136 e. The second-order valence-electron chi connectivity index (χ2n) is 13.2. The summed E-state index contributed by atoms with van der Waals surface area (Å²) >= 11 is 3.85. The topological polar surface area (TPSA) is 17.1 Å². The van der Waals surface area contributed by atoms with Crippen LogP contribution in [0.3, 0.4) is 0 Å². The van der Waals surface area contributed by atoms with E-state index >= 15 is 0 Å². The number of halogens is 1. The number of hydrogen-bond donors (Lipinski definition) is 0. The maximum atomic E-state index is 13.4. The Morgan fingerprint density at radius 1 is 0.968 bits per heavy atom. The van der Waals surface area contributed by atoms with Crippen molar-refractivity contribution in [2.24, 2.45) is 58.2 Å². The highest BCUT2D eigenvalue weighted by Crippen LogP contribution is 2.68. The standard InChI is InChI=1S/C29H49BrO/c1-7-20(18(2)3)9-8-19(4)23-10-11-24-22-17-27(31)26-16-21(30)12-14-29(26,6)25(22)13-15-28(23,24)5/h18-26H,7-17H2,1-6H3/t19-,20-,21+,22+,23+,24-,25+,26-,28-,29-/m1/s1. The van der Waals surface area contributed by atoms with Crippen molar-refractivity contribution >= 4 is 21.7 Å². The van der Waals surface area contributed by atoms with E-state index in [0.29, 0.717) is 27.9 Å². The summed E-state index contributed by atoms with van der Waals surface area (Å²) in [5.74, 6) is 6.65. The van der Waals surface area contributed by atoms with Gasteiger partial charge in [-0.15, -0.1) is 0 Å². The van der Waals surface area contributed by atoms with Gasteiger partial charge in [-0.2, -0.15) is 0 Å². The molecule has 0 heterocycles. The Kier molecular flexibility index (Phi) is 7.10. The van der Waals surface area contributed by atoms with Gasteiger partial charge in [0.1, 0.15) is 5.78 Å². The molecule has 0 aliphatic heterocycles. The zero-order valence-corrected chi connectivity index (χ0v) is 22.8. The predicted molar refractivity (Wildman–Crippen MR) is 135 cm³/mol. The van der Waals surface area contributed by atoms with Crippen LogP contribution in [0.1, 0.15) is 112 Å². The molecule has 0 saturated heterocycles. The minimum absolute atomic E-state index is 0.279. The number of carbonyl (C=O) groups excluding carboxylic acids is 1. The molecule has 0 bridgehead atoms. The van der Waals surface area contributed by atoms with E-state index in [9.17, 15) is 4.79 Å². The number of rotatable bonds is 6. The third-order valence-corrected chi connectivity index (χ3v) is 12.4. The van der Waals surface area contributed by atoms with Crippen LogP contribution in [-0.2, 0) is 4.79 Å². The molecular weight excluding hydrogens is 444 g/mol. The van der Waals surface area contributed by atoms with Gasteiger partial charge in [-0.1, -0.05) is 70.3 Å². The summed E-state index contributed by atoms with van der Waals surface area (Å²) in [6.45, 7) is 14.9. The maximum Gasteiger partial charge on any atom is 0.136 e. The molecule has 4 aliphatic carbocycles. The first kappa shape index (κ1) is 24.3. The number of fused-ring (bicyclic) bond motifs is 5. The fourth-order valence-corrected chi connectivity index (χ4v) is 10.3. The molecule has 31 heavy (non-hydrogen) atoms. The van der Waals surface area contributed by atoms with Crippen molar-refractivity contribution in [1.29, 1.82) is 0 Å². The third kappa shape index (κ3) is 4.12. The minimum Gasteiger partial charge on any atom is -0.299 e. The van der Waals surface area contributed by atoms with Gasteiger partial charge in [-0.25, -0.2) is 0 Å². The Balaban J connectivity index is 1.49. The lowest BCUT2D eigenvalue weighted by Gasteiger charge is -2.60. The quantitative estimate of drug-likeness (QED) is 0.338. The van der Waals surface area contributed by atoms with E-state index in [1.165, 1.54) is 57.8 Å². The number of hydrogen-bond acceptors (Lipinski definition) is 1. The van der Waals surface area contributed by atoms with Gasteiger partial charge in [0.05, 0.1) is 0 Å². The Labute approximate surface area is 201 Å². The van der Waals surface area contributed by atoms with Crippen LogP contribution in [-0.4, -0.2) is 10.6 Å². The van der Waals surface area contributed by atoms with E-state index in [-0.39, 0.29) is 5.41 Å². The lowest BCUT2D eigenvalue weighted by atomic mass is 9.44. The maximum absolute atomic E-state index is 13.4. The highest BCUT2D eigenvalue weighted by molar-refractivity contribution is 9.09. The number of alkyl halides is 1. The molecule has 1 nitrogen and oxygen atoms in total. The largest absolute Gasteiger partial charge is 0.299 e. The normalized spacial score (nSPS) is 46.9.